The van der Waals surface area contributed by atoms with E-state index in [1.54, 1.807) is 6.08 Å². The number of hydrogen-bond donors (Lipinski definition) is 1. The molecule has 0 saturated carbocycles. The van der Waals surface area contributed by atoms with Crippen molar-refractivity contribution in [1.82, 2.24) is 9.56 Å². The lowest BCUT2D eigenvalue weighted by Gasteiger charge is -2.10. The van der Waals surface area contributed by atoms with Crippen molar-refractivity contribution in [2.45, 2.75) is 19.8 Å². The molecule has 4 aromatic carbocycles. The molecule has 34 heavy (non-hydrogen) atoms. The number of aliphatic hydroxyl groups is 1. The fourth-order valence-corrected chi connectivity index (χ4v) is 4.48. The molecule has 3 heteroatoms. The maximum absolute atomic E-state index is 10.3. The average Bonchev–Trinajstić information content (AvgIpc) is 2.90. The van der Waals surface area contributed by atoms with Gasteiger partial charge in [0.05, 0.1) is 0 Å². The Hall–Kier alpha value is -4.24. The Morgan fingerprint density at radius 2 is 1.62 bits per heavy atom. The van der Waals surface area contributed by atoms with E-state index in [1.807, 2.05) is 35.9 Å². The molecule has 0 aliphatic rings. The van der Waals surface area contributed by atoms with Crippen LogP contribution in [-0.4, -0.2) is 16.8 Å². The van der Waals surface area contributed by atoms with Gasteiger partial charge in [-0.05, 0) is 59.7 Å². The molecule has 0 aliphatic carbocycles. The summed E-state index contributed by atoms with van der Waals surface area (Å²) in [5.41, 5.74) is 5.23. The van der Waals surface area contributed by atoms with Crippen LogP contribution in [0.5, 0.6) is 0 Å². The Morgan fingerprint density at radius 1 is 0.824 bits per heavy atom. The van der Waals surface area contributed by atoms with Gasteiger partial charge in [-0.3, -0.25) is 4.98 Å². The molecule has 0 fully saturated rings. The summed E-state index contributed by atoms with van der Waals surface area (Å²) in [4.78, 5) is 4.66. The number of benzene rings is 4. The van der Waals surface area contributed by atoms with E-state index in [2.05, 4.69) is 84.5 Å². The van der Waals surface area contributed by atoms with Crippen LogP contribution in [0.2, 0.25) is 0 Å². The number of aliphatic hydroxyl groups excluding tert-OH is 1. The standard InChI is InChI=1S/C31H26N2O/c1-3-31(34)29-13-7-12-28-27(29)18-19-32-30(28)17-14-22-8-6-11-25(20-22)33(2)26-16-15-23-9-4-5-10-24(23)21-26/h3-13,15-16,18-21H,2,14,17H2,1H3/p+1. The van der Waals surface area contributed by atoms with Crippen LogP contribution in [0.15, 0.2) is 103 Å². The largest absolute Gasteiger partial charge is 0.508 e. The Labute approximate surface area is 200 Å². The number of aryl methyl sites for hydroxylation is 2. The summed E-state index contributed by atoms with van der Waals surface area (Å²) in [6, 6.07) is 31.3. The zero-order chi connectivity index (χ0) is 23.5. The summed E-state index contributed by atoms with van der Waals surface area (Å²) in [6.45, 7) is 6.15. The highest BCUT2D eigenvalue weighted by Crippen LogP contribution is 2.28. The first kappa shape index (κ1) is 21.6. The van der Waals surface area contributed by atoms with Gasteiger partial charge in [-0.15, -0.1) is 0 Å². The highest BCUT2D eigenvalue weighted by atomic mass is 16.3. The smallest absolute Gasteiger partial charge is 0.211 e. The van der Waals surface area contributed by atoms with Gasteiger partial charge in [-0.25, -0.2) is 0 Å². The van der Waals surface area contributed by atoms with Gasteiger partial charge in [0, 0.05) is 47.1 Å². The number of aromatic nitrogens is 1. The molecule has 0 bridgehead atoms. The monoisotopic (exact) mass is 443 g/mol. The fourth-order valence-electron chi connectivity index (χ4n) is 4.48. The molecule has 0 aliphatic heterocycles. The number of fused-ring (bicyclic) bond motifs is 2. The summed E-state index contributed by atoms with van der Waals surface area (Å²) in [7, 11) is 0. The fraction of sp³-hybridized carbons (Fsp3) is 0.0968. The molecule has 0 amide bonds. The third-order valence-corrected chi connectivity index (χ3v) is 6.36. The number of hydrogen-bond acceptors (Lipinski definition) is 2. The second-order valence-corrected chi connectivity index (χ2v) is 8.46. The molecular weight excluding hydrogens is 416 g/mol. The predicted molar refractivity (Wildman–Crippen MR) is 144 cm³/mol. The van der Waals surface area contributed by atoms with Crippen molar-refractivity contribution in [3.05, 3.63) is 120 Å². The van der Waals surface area contributed by atoms with Crippen molar-refractivity contribution in [1.29, 1.82) is 0 Å². The summed E-state index contributed by atoms with van der Waals surface area (Å²) in [5.74, 6) is 0.291. The summed E-state index contributed by atoms with van der Waals surface area (Å²) >= 11 is 0. The van der Waals surface area contributed by atoms with Gasteiger partial charge in [-0.2, -0.15) is 4.58 Å². The zero-order valence-electron chi connectivity index (χ0n) is 19.3. The van der Waals surface area contributed by atoms with Gasteiger partial charge in [0.15, 0.2) is 0 Å². The molecule has 0 atom stereocenters. The summed E-state index contributed by atoms with van der Waals surface area (Å²) in [5, 5.41) is 14.8. The van der Waals surface area contributed by atoms with Crippen LogP contribution in [0, 0.1) is 0 Å². The molecule has 0 radical (unpaired) electrons. The molecule has 1 heterocycles. The molecule has 5 aromatic rings. The van der Waals surface area contributed by atoms with Crippen molar-refractivity contribution in [2.75, 3.05) is 0 Å². The van der Waals surface area contributed by atoms with Crippen LogP contribution in [0.3, 0.4) is 0 Å². The third-order valence-electron chi connectivity index (χ3n) is 6.36. The molecule has 1 aromatic heterocycles. The Balaban J connectivity index is 1.39. The topological polar surface area (TPSA) is 36.1 Å². The van der Waals surface area contributed by atoms with Crippen molar-refractivity contribution < 1.29 is 5.11 Å². The van der Waals surface area contributed by atoms with E-state index in [0.29, 0.717) is 5.76 Å². The molecular formula is C31H27N2O+. The molecule has 5 rings (SSSR count). The van der Waals surface area contributed by atoms with Gasteiger partial charge in [0.25, 0.3) is 0 Å². The zero-order valence-corrected chi connectivity index (χ0v) is 19.3. The Bertz CT molecular complexity index is 1550. The van der Waals surface area contributed by atoms with Crippen molar-refractivity contribution in [3.63, 3.8) is 0 Å². The first-order chi connectivity index (χ1) is 16.6. The van der Waals surface area contributed by atoms with E-state index >= 15 is 0 Å². The van der Waals surface area contributed by atoms with E-state index in [-0.39, 0.29) is 0 Å². The van der Waals surface area contributed by atoms with E-state index in [9.17, 15) is 5.11 Å². The minimum absolute atomic E-state index is 0.291. The molecule has 0 unspecified atom stereocenters. The van der Waals surface area contributed by atoms with Gasteiger partial charge >= 0.3 is 0 Å². The van der Waals surface area contributed by atoms with Gasteiger partial charge in [-0.1, -0.05) is 54.6 Å². The first-order valence-corrected chi connectivity index (χ1v) is 11.5. The molecule has 0 spiro atoms. The van der Waals surface area contributed by atoms with E-state index in [1.165, 1.54) is 16.3 Å². The van der Waals surface area contributed by atoms with Crippen LogP contribution >= 0.6 is 0 Å². The molecule has 0 saturated heterocycles. The van der Waals surface area contributed by atoms with Crippen LogP contribution in [0.4, 0.5) is 11.4 Å². The number of nitrogens with zero attached hydrogens (tertiary/aromatic N) is 2. The molecule has 166 valence electrons. The predicted octanol–water partition coefficient (Wildman–Crippen LogP) is 7.63. The number of pyridine rings is 1. The number of rotatable bonds is 6. The van der Waals surface area contributed by atoms with Gasteiger partial charge < -0.3 is 5.11 Å². The minimum atomic E-state index is 0.291. The van der Waals surface area contributed by atoms with Crippen LogP contribution < -0.4 is 4.58 Å². The van der Waals surface area contributed by atoms with E-state index in [0.717, 1.165) is 46.2 Å². The third kappa shape index (κ3) is 4.20. The lowest BCUT2D eigenvalue weighted by Crippen LogP contribution is -2.01. The SMILES string of the molecule is C=[N+](c1cccc(CCc2nccc3c(C(O)=CC)cccc23)c1)c1ccc2ccccc2c1. The maximum Gasteiger partial charge on any atom is 0.211 e. The lowest BCUT2D eigenvalue weighted by molar-refractivity contribution is 0.512. The quantitative estimate of drug-likeness (QED) is 0.166. The Morgan fingerprint density at radius 3 is 2.47 bits per heavy atom. The van der Waals surface area contributed by atoms with E-state index in [4.69, 9.17) is 0 Å². The molecule has 3 nitrogen and oxygen atoms in total. The maximum atomic E-state index is 10.3. The van der Waals surface area contributed by atoms with Gasteiger partial charge in [0.2, 0.25) is 11.4 Å². The summed E-state index contributed by atoms with van der Waals surface area (Å²) in [6.07, 6.45) is 5.23. The average molecular weight is 444 g/mol. The first-order valence-electron chi connectivity index (χ1n) is 11.5. The normalized spacial score (nSPS) is 11.7. The van der Waals surface area contributed by atoms with Crippen LogP contribution in [-0.2, 0) is 12.8 Å². The van der Waals surface area contributed by atoms with Crippen molar-refractivity contribution >= 4 is 45.4 Å². The highest BCUT2D eigenvalue weighted by Gasteiger charge is 2.13. The minimum Gasteiger partial charge on any atom is -0.508 e. The van der Waals surface area contributed by atoms with Crippen molar-refractivity contribution in [3.8, 4) is 0 Å². The lowest BCUT2D eigenvalue weighted by atomic mass is 9.99. The number of allylic oxidation sites excluding steroid dienone is 1. The molecule has 1 N–H and O–H groups in total. The van der Waals surface area contributed by atoms with Crippen LogP contribution in [0.1, 0.15) is 23.7 Å². The van der Waals surface area contributed by atoms with E-state index < -0.39 is 0 Å². The van der Waals surface area contributed by atoms with Gasteiger partial charge in [0.1, 0.15) is 12.5 Å². The second kappa shape index (κ2) is 9.32. The second-order valence-electron chi connectivity index (χ2n) is 8.46. The summed E-state index contributed by atoms with van der Waals surface area (Å²) < 4.78 is 1.98. The van der Waals surface area contributed by atoms with Crippen LogP contribution in [0.25, 0.3) is 27.3 Å². The van der Waals surface area contributed by atoms with Crippen molar-refractivity contribution in [2.24, 2.45) is 0 Å². The Kier molecular flexibility index (Phi) is 5.92. The highest BCUT2D eigenvalue weighted by molar-refractivity contribution is 5.93.